The van der Waals surface area contributed by atoms with Crippen LogP contribution in [0.5, 0.6) is 11.5 Å². The Morgan fingerprint density at radius 3 is 2.61 bits per heavy atom. The fraction of sp³-hybridized carbons (Fsp3) is 0.190. The van der Waals surface area contributed by atoms with Crippen molar-refractivity contribution in [3.8, 4) is 17.6 Å². The number of methoxy groups -OCH3 is 1. The Bertz CT molecular complexity index is 887. The molecule has 0 aromatic heterocycles. The molecule has 0 bridgehead atoms. The topological polar surface area (TPSA) is 97.7 Å². The number of esters is 1. The Kier molecular flexibility index (Phi) is 7.61. The SMILES string of the molecule is COc1cc(/C=C/C(=O)O[C@@H](C)C(=O)Nc2ccccc2)ccc1OCC#N. The van der Waals surface area contributed by atoms with Crippen LogP contribution in [0.2, 0.25) is 0 Å². The molecule has 28 heavy (non-hydrogen) atoms. The normalized spacial score (nSPS) is 11.3. The zero-order chi connectivity index (χ0) is 20.4. The molecule has 0 spiro atoms. The van der Waals surface area contributed by atoms with Crippen LogP contribution in [-0.4, -0.2) is 31.7 Å². The Morgan fingerprint density at radius 1 is 1.18 bits per heavy atom. The quantitative estimate of drug-likeness (QED) is 0.558. The molecule has 2 aromatic carbocycles. The second kappa shape index (κ2) is 10.4. The maximum Gasteiger partial charge on any atom is 0.331 e. The number of ether oxygens (including phenoxy) is 3. The largest absolute Gasteiger partial charge is 0.493 e. The van der Waals surface area contributed by atoms with Crippen LogP contribution < -0.4 is 14.8 Å². The zero-order valence-corrected chi connectivity index (χ0v) is 15.5. The number of hydrogen-bond acceptors (Lipinski definition) is 6. The van der Waals surface area contributed by atoms with Crippen LogP contribution >= 0.6 is 0 Å². The summed E-state index contributed by atoms with van der Waals surface area (Å²) in [5.41, 5.74) is 1.29. The molecule has 2 aromatic rings. The predicted molar refractivity (Wildman–Crippen MR) is 104 cm³/mol. The smallest absolute Gasteiger partial charge is 0.331 e. The standard InChI is InChI=1S/C21H20N2O5/c1-15(21(25)23-17-6-4-3-5-7-17)28-20(24)11-9-16-8-10-18(27-13-12-22)19(14-16)26-2/h3-11,14-15H,13H2,1-2H3,(H,23,25)/b11-9+/t15-/m0/s1. The molecule has 7 nitrogen and oxygen atoms in total. The maximum absolute atomic E-state index is 12.1. The number of nitrogens with one attached hydrogen (secondary N) is 1. The highest BCUT2D eigenvalue weighted by Gasteiger charge is 2.16. The summed E-state index contributed by atoms with van der Waals surface area (Å²) in [5, 5.41) is 11.2. The van der Waals surface area contributed by atoms with Crippen molar-refractivity contribution in [1.82, 2.24) is 0 Å². The highest BCUT2D eigenvalue weighted by atomic mass is 16.5. The van der Waals surface area contributed by atoms with Crippen LogP contribution in [0.25, 0.3) is 6.08 Å². The minimum Gasteiger partial charge on any atom is -0.493 e. The van der Waals surface area contributed by atoms with Gasteiger partial charge in [-0.25, -0.2) is 4.79 Å². The molecule has 0 saturated heterocycles. The maximum atomic E-state index is 12.1. The first kappa shape index (κ1) is 20.5. The summed E-state index contributed by atoms with van der Waals surface area (Å²) in [6, 6.07) is 15.8. The highest BCUT2D eigenvalue weighted by Crippen LogP contribution is 2.28. The number of carbonyl (C=O) groups is 2. The Labute approximate surface area is 163 Å². The number of anilines is 1. The van der Waals surface area contributed by atoms with E-state index in [1.807, 2.05) is 12.1 Å². The van der Waals surface area contributed by atoms with Gasteiger partial charge >= 0.3 is 5.97 Å². The molecule has 2 rings (SSSR count). The van der Waals surface area contributed by atoms with Crippen LogP contribution in [-0.2, 0) is 14.3 Å². The van der Waals surface area contributed by atoms with Gasteiger partial charge in [0.2, 0.25) is 0 Å². The van der Waals surface area contributed by atoms with Gasteiger partial charge in [-0.3, -0.25) is 4.79 Å². The summed E-state index contributed by atoms with van der Waals surface area (Å²) in [4.78, 5) is 24.0. The third kappa shape index (κ3) is 6.18. The minimum atomic E-state index is -0.950. The van der Waals surface area contributed by atoms with Gasteiger partial charge in [0, 0.05) is 11.8 Å². The second-order valence-corrected chi connectivity index (χ2v) is 5.62. The van der Waals surface area contributed by atoms with Crippen LogP contribution in [0.1, 0.15) is 12.5 Å². The van der Waals surface area contributed by atoms with Gasteiger partial charge in [0.05, 0.1) is 7.11 Å². The Balaban J connectivity index is 1.93. The van der Waals surface area contributed by atoms with Gasteiger partial charge in [0.25, 0.3) is 5.91 Å². The molecule has 0 aliphatic heterocycles. The lowest BCUT2D eigenvalue weighted by atomic mass is 10.2. The van der Waals surface area contributed by atoms with Crippen molar-refractivity contribution in [2.75, 3.05) is 19.0 Å². The Hall–Kier alpha value is -3.79. The average Bonchev–Trinajstić information content (AvgIpc) is 2.71. The van der Waals surface area contributed by atoms with Crippen LogP contribution in [0.3, 0.4) is 0 Å². The van der Waals surface area contributed by atoms with Gasteiger partial charge in [0.15, 0.2) is 24.2 Å². The molecule has 1 atom stereocenters. The molecule has 144 valence electrons. The fourth-order valence-corrected chi connectivity index (χ4v) is 2.21. The van der Waals surface area contributed by atoms with E-state index in [9.17, 15) is 9.59 Å². The summed E-state index contributed by atoms with van der Waals surface area (Å²) in [6.45, 7) is 1.40. The number of benzene rings is 2. The molecule has 0 fully saturated rings. The number of nitrogens with zero attached hydrogens (tertiary/aromatic N) is 1. The van der Waals surface area contributed by atoms with Crippen molar-refractivity contribution < 1.29 is 23.8 Å². The molecular formula is C21H20N2O5. The lowest BCUT2D eigenvalue weighted by molar-refractivity contribution is -0.148. The molecule has 0 heterocycles. The Morgan fingerprint density at radius 2 is 1.93 bits per heavy atom. The number of carbonyl (C=O) groups excluding carboxylic acids is 2. The van der Waals surface area contributed by atoms with Gasteiger partial charge < -0.3 is 19.5 Å². The average molecular weight is 380 g/mol. The van der Waals surface area contributed by atoms with Crippen molar-refractivity contribution in [3.63, 3.8) is 0 Å². The van der Waals surface area contributed by atoms with E-state index in [2.05, 4.69) is 5.32 Å². The zero-order valence-electron chi connectivity index (χ0n) is 15.5. The monoisotopic (exact) mass is 380 g/mol. The number of nitriles is 1. The molecule has 7 heteroatoms. The lowest BCUT2D eigenvalue weighted by Gasteiger charge is -2.12. The molecule has 0 unspecified atom stereocenters. The van der Waals surface area contributed by atoms with Crippen molar-refractivity contribution in [2.45, 2.75) is 13.0 Å². The van der Waals surface area contributed by atoms with E-state index in [1.165, 1.54) is 26.2 Å². The van der Waals surface area contributed by atoms with Crippen molar-refractivity contribution in [2.24, 2.45) is 0 Å². The summed E-state index contributed by atoms with van der Waals surface area (Å²) in [6.07, 6.45) is 1.80. The third-order valence-electron chi connectivity index (χ3n) is 3.60. The third-order valence-corrected chi connectivity index (χ3v) is 3.60. The molecule has 1 N–H and O–H groups in total. The van der Waals surface area contributed by atoms with Crippen molar-refractivity contribution >= 4 is 23.6 Å². The van der Waals surface area contributed by atoms with Gasteiger partial charge in [-0.05, 0) is 42.8 Å². The van der Waals surface area contributed by atoms with E-state index in [0.717, 1.165) is 0 Å². The minimum absolute atomic E-state index is 0.0964. The van der Waals surface area contributed by atoms with E-state index < -0.39 is 18.0 Å². The van der Waals surface area contributed by atoms with E-state index in [1.54, 1.807) is 42.5 Å². The van der Waals surface area contributed by atoms with Crippen molar-refractivity contribution in [1.29, 1.82) is 5.26 Å². The van der Waals surface area contributed by atoms with Gasteiger partial charge in [-0.1, -0.05) is 24.3 Å². The molecule has 0 aliphatic carbocycles. The van der Waals surface area contributed by atoms with Crippen LogP contribution in [0.15, 0.2) is 54.6 Å². The predicted octanol–water partition coefficient (Wildman–Crippen LogP) is 3.18. The van der Waals surface area contributed by atoms with E-state index in [0.29, 0.717) is 22.7 Å². The summed E-state index contributed by atoms with van der Waals surface area (Å²) < 4.78 is 15.6. The first-order chi connectivity index (χ1) is 13.5. The van der Waals surface area contributed by atoms with Crippen LogP contribution in [0.4, 0.5) is 5.69 Å². The van der Waals surface area contributed by atoms with Gasteiger partial charge in [-0.2, -0.15) is 5.26 Å². The number of para-hydroxylation sites is 1. The summed E-state index contributed by atoms with van der Waals surface area (Å²) in [7, 11) is 1.48. The van der Waals surface area contributed by atoms with Crippen LogP contribution in [0, 0.1) is 11.3 Å². The van der Waals surface area contributed by atoms with E-state index >= 15 is 0 Å². The first-order valence-corrected chi connectivity index (χ1v) is 8.46. The fourth-order valence-electron chi connectivity index (χ4n) is 2.21. The highest BCUT2D eigenvalue weighted by molar-refractivity contribution is 5.96. The molecular weight excluding hydrogens is 360 g/mol. The first-order valence-electron chi connectivity index (χ1n) is 8.46. The molecule has 0 saturated carbocycles. The van der Waals surface area contributed by atoms with Gasteiger partial charge in [0.1, 0.15) is 6.07 Å². The van der Waals surface area contributed by atoms with Gasteiger partial charge in [-0.15, -0.1) is 0 Å². The number of rotatable bonds is 8. The van der Waals surface area contributed by atoms with E-state index in [4.69, 9.17) is 19.5 Å². The molecule has 0 radical (unpaired) electrons. The summed E-state index contributed by atoms with van der Waals surface area (Å²) >= 11 is 0. The summed E-state index contributed by atoms with van der Waals surface area (Å²) in [5.74, 6) is -0.218. The van der Waals surface area contributed by atoms with E-state index in [-0.39, 0.29) is 6.61 Å². The lowest BCUT2D eigenvalue weighted by Crippen LogP contribution is -2.29. The second-order valence-electron chi connectivity index (χ2n) is 5.62. The number of hydrogen-bond donors (Lipinski definition) is 1. The molecule has 1 amide bonds. The van der Waals surface area contributed by atoms with Crippen molar-refractivity contribution in [3.05, 3.63) is 60.2 Å². The molecule has 0 aliphatic rings. The number of amides is 1.